The maximum atomic E-state index is 12.3. The molecule has 0 bridgehead atoms. The second kappa shape index (κ2) is 8.55. The molecule has 0 amide bonds. The minimum absolute atomic E-state index is 0.0641. The fourth-order valence-corrected chi connectivity index (χ4v) is 2.27. The average Bonchev–Trinajstić information content (AvgIpc) is 2.43. The Morgan fingerprint density at radius 2 is 2.00 bits per heavy atom. The lowest BCUT2D eigenvalue weighted by Crippen LogP contribution is -2.19. The first-order valence-corrected chi connectivity index (χ1v) is 7.73. The molecular weight excluding hydrogens is 264 g/mol. The molecule has 4 heteroatoms. The van der Waals surface area contributed by atoms with Crippen LogP contribution in [0.15, 0.2) is 18.2 Å². The maximum absolute atomic E-state index is 12.3. The summed E-state index contributed by atoms with van der Waals surface area (Å²) in [5.41, 5.74) is 7.71. The third-order valence-corrected chi connectivity index (χ3v) is 3.49. The summed E-state index contributed by atoms with van der Waals surface area (Å²) in [6.45, 7) is 4.14. The SMILES string of the molecule is CCCCCCC(C)OC(=O)c1cc(N)ccc1N(C)C. The third kappa shape index (κ3) is 5.66. The van der Waals surface area contributed by atoms with Crippen LogP contribution in [0.5, 0.6) is 0 Å². The molecule has 1 aromatic rings. The van der Waals surface area contributed by atoms with Crippen molar-refractivity contribution in [3.8, 4) is 0 Å². The Hall–Kier alpha value is -1.71. The minimum atomic E-state index is -0.297. The number of hydrogen-bond acceptors (Lipinski definition) is 4. The lowest BCUT2D eigenvalue weighted by Gasteiger charge is -2.19. The second-order valence-corrected chi connectivity index (χ2v) is 5.74. The molecule has 0 aliphatic heterocycles. The number of nitrogens with zero attached hydrogens (tertiary/aromatic N) is 1. The van der Waals surface area contributed by atoms with Crippen LogP contribution < -0.4 is 10.6 Å². The Kier molecular flexibility index (Phi) is 7.06. The van der Waals surface area contributed by atoms with Crippen molar-refractivity contribution in [2.24, 2.45) is 0 Å². The molecule has 1 rings (SSSR count). The van der Waals surface area contributed by atoms with Crippen LogP contribution >= 0.6 is 0 Å². The van der Waals surface area contributed by atoms with Gasteiger partial charge in [-0.15, -0.1) is 0 Å². The highest BCUT2D eigenvalue weighted by molar-refractivity contribution is 5.97. The summed E-state index contributed by atoms with van der Waals surface area (Å²) < 4.78 is 5.54. The highest BCUT2D eigenvalue weighted by atomic mass is 16.5. The molecular formula is C17H28N2O2. The number of carbonyl (C=O) groups excluding carboxylic acids is 1. The molecule has 21 heavy (non-hydrogen) atoms. The van der Waals surface area contributed by atoms with Gasteiger partial charge in [0.1, 0.15) is 0 Å². The molecule has 0 radical (unpaired) electrons. The van der Waals surface area contributed by atoms with Crippen molar-refractivity contribution in [2.75, 3.05) is 24.7 Å². The van der Waals surface area contributed by atoms with E-state index in [1.54, 1.807) is 12.1 Å². The minimum Gasteiger partial charge on any atom is -0.459 e. The van der Waals surface area contributed by atoms with Gasteiger partial charge in [-0.2, -0.15) is 0 Å². The first-order valence-electron chi connectivity index (χ1n) is 7.73. The average molecular weight is 292 g/mol. The fraction of sp³-hybridized carbons (Fsp3) is 0.588. The number of nitrogens with two attached hydrogens (primary N) is 1. The van der Waals surface area contributed by atoms with Crippen molar-refractivity contribution in [2.45, 2.75) is 52.1 Å². The normalized spacial score (nSPS) is 12.0. The predicted octanol–water partition coefficient (Wildman–Crippen LogP) is 3.85. The number of carbonyl (C=O) groups is 1. The van der Waals surface area contributed by atoms with Gasteiger partial charge in [0.25, 0.3) is 0 Å². The van der Waals surface area contributed by atoms with E-state index in [0.717, 1.165) is 18.5 Å². The van der Waals surface area contributed by atoms with Crippen LogP contribution in [0.25, 0.3) is 0 Å². The van der Waals surface area contributed by atoms with Gasteiger partial charge in [0.15, 0.2) is 0 Å². The smallest absolute Gasteiger partial charge is 0.340 e. The van der Waals surface area contributed by atoms with Crippen LogP contribution in [0, 0.1) is 0 Å². The second-order valence-electron chi connectivity index (χ2n) is 5.74. The number of ether oxygens (including phenoxy) is 1. The zero-order valence-electron chi connectivity index (χ0n) is 13.7. The Labute approximate surface area is 128 Å². The molecule has 0 saturated carbocycles. The summed E-state index contributed by atoms with van der Waals surface area (Å²) >= 11 is 0. The number of nitrogen functional groups attached to an aromatic ring is 1. The van der Waals surface area contributed by atoms with Crippen molar-refractivity contribution in [3.05, 3.63) is 23.8 Å². The standard InChI is InChI=1S/C17H28N2O2/c1-5-6-7-8-9-13(2)21-17(20)15-12-14(18)10-11-16(15)19(3)4/h10-13H,5-9,18H2,1-4H3. The molecule has 4 nitrogen and oxygen atoms in total. The fourth-order valence-electron chi connectivity index (χ4n) is 2.27. The molecule has 118 valence electrons. The predicted molar refractivity (Wildman–Crippen MR) is 88.8 cm³/mol. The van der Waals surface area contributed by atoms with Gasteiger partial charge in [-0.05, 0) is 38.0 Å². The van der Waals surface area contributed by atoms with Crippen molar-refractivity contribution < 1.29 is 9.53 Å². The Morgan fingerprint density at radius 1 is 1.29 bits per heavy atom. The number of rotatable bonds is 8. The molecule has 0 fully saturated rings. The van der Waals surface area contributed by atoms with E-state index in [-0.39, 0.29) is 12.1 Å². The summed E-state index contributed by atoms with van der Waals surface area (Å²) in [4.78, 5) is 14.2. The zero-order valence-corrected chi connectivity index (χ0v) is 13.7. The van der Waals surface area contributed by atoms with Crippen molar-refractivity contribution in [3.63, 3.8) is 0 Å². The number of esters is 1. The van der Waals surface area contributed by atoms with Gasteiger partial charge in [-0.3, -0.25) is 0 Å². The van der Waals surface area contributed by atoms with Crippen molar-refractivity contribution in [1.29, 1.82) is 0 Å². The number of benzene rings is 1. The molecule has 0 spiro atoms. The van der Waals surface area contributed by atoms with Gasteiger partial charge in [0.05, 0.1) is 17.4 Å². The first-order chi connectivity index (χ1) is 9.95. The summed E-state index contributed by atoms with van der Waals surface area (Å²) in [5.74, 6) is -0.297. The van der Waals surface area contributed by atoms with Crippen LogP contribution in [0.1, 0.15) is 56.3 Å². The van der Waals surface area contributed by atoms with Crippen LogP contribution in [-0.2, 0) is 4.74 Å². The molecule has 0 aliphatic carbocycles. The quantitative estimate of drug-likeness (QED) is 0.449. The number of unbranched alkanes of at least 4 members (excludes halogenated alkanes) is 3. The Bertz CT molecular complexity index is 458. The molecule has 1 aromatic carbocycles. The van der Waals surface area contributed by atoms with Crippen LogP contribution in [-0.4, -0.2) is 26.2 Å². The van der Waals surface area contributed by atoms with Gasteiger partial charge in [0.2, 0.25) is 0 Å². The largest absolute Gasteiger partial charge is 0.459 e. The molecule has 0 aliphatic rings. The van der Waals surface area contributed by atoms with E-state index in [1.807, 2.05) is 32.0 Å². The van der Waals surface area contributed by atoms with Gasteiger partial charge in [0, 0.05) is 19.8 Å². The summed E-state index contributed by atoms with van der Waals surface area (Å²) in [6, 6.07) is 5.32. The molecule has 2 N–H and O–H groups in total. The van der Waals surface area contributed by atoms with Gasteiger partial charge in [-0.1, -0.05) is 26.2 Å². The molecule has 0 aromatic heterocycles. The van der Waals surface area contributed by atoms with Crippen molar-refractivity contribution >= 4 is 17.3 Å². The highest BCUT2D eigenvalue weighted by Crippen LogP contribution is 2.23. The lowest BCUT2D eigenvalue weighted by atomic mass is 10.1. The van der Waals surface area contributed by atoms with E-state index in [9.17, 15) is 4.79 Å². The molecule has 1 unspecified atom stereocenters. The van der Waals surface area contributed by atoms with Gasteiger partial charge >= 0.3 is 5.97 Å². The molecule has 1 atom stereocenters. The van der Waals surface area contributed by atoms with E-state index in [0.29, 0.717) is 11.3 Å². The zero-order chi connectivity index (χ0) is 15.8. The maximum Gasteiger partial charge on any atom is 0.340 e. The first kappa shape index (κ1) is 17.3. The number of anilines is 2. The van der Waals surface area contributed by atoms with Crippen LogP contribution in [0.2, 0.25) is 0 Å². The summed E-state index contributed by atoms with van der Waals surface area (Å²) in [5, 5.41) is 0. The Balaban J connectivity index is 2.64. The number of hydrogen-bond donors (Lipinski definition) is 1. The summed E-state index contributed by atoms with van der Waals surface area (Å²) in [7, 11) is 3.80. The lowest BCUT2D eigenvalue weighted by molar-refractivity contribution is 0.0320. The Morgan fingerprint density at radius 3 is 2.62 bits per heavy atom. The van der Waals surface area contributed by atoms with E-state index in [1.165, 1.54) is 19.3 Å². The monoisotopic (exact) mass is 292 g/mol. The van der Waals surface area contributed by atoms with Crippen LogP contribution in [0.3, 0.4) is 0 Å². The van der Waals surface area contributed by atoms with E-state index < -0.39 is 0 Å². The van der Waals surface area contributed by atoms with E-state index in [2.05, 4.69) is 6.92 Å². The van der Waals surface area contributed by atoms with Gasteiger partial charge in [-0.25, -0.2) is 4.79 Å². The van der Waals surface area contributed by atoms with E-state index >= 15 is 0 Å². The summed E-state index contributed by atoms with van der Waals surface area (Å²) in [6.07, 6.45) is 5.58. The van der Waals surface area contributed by atoms with Crippen molar-refractivity contribution in [1.82, 2.24) is 0 Å². The third-order valence-electron chi connectivity index (χ3n) is 3.49. The van der Waals surface area contributed by atoms with Crippen LogP contribution in [0.4, 0.5) is 11.4 Å². The molecule has 0 saturated heterocycles. The molecule has 0 heterocycles. The topological polar surface area (TPSA) is 55.6 Å². The van der Waals surface area contributed by atoms with E-state index in [4.69, 9.17) is 10.5 Å². The van der Waals surface area contributed by atoms with Gasteiger partial charge < -0.3 is 15.4 Å². The highest BCUT2D eigenvalue weighted by Gasteiger charge is 2.17.